The first-order chi connectivity index (χ1) is 8.47. The Morgan fingerprint density at radius 1 is 1.22 bits per heavy atom. The Bertz CT molecular complexity index is 563. The van der Waals surface area contributed by atoms with Crippen molar-refractivity contribution in [3.63, 3.8) is 0 Å². The maximum atomic E-state index is 13.6. The quantitative estimate of drug-likeness (QED) is 0.668. The zero-order valence-electron chi connectivity index (χ0n) is 10.1. The molecule has 0 spiro atoms. The van der Waals surface area contributed by atoms with E-state index in [1.807, 2.05) is 0 Å². The number of rotatable bonds is 3. The van der Waals surface area contributed by atoms with Gasteiger partial charge in [-0.25, -0.2) is 8.78 Å². The van der Waals surface area contributed by atoms with Crippen LogP contribution in [0.15, 0.2) is 24.3 Å². The van der Waals surface area contributed by atoms with Crippen LogP contribution in [0.25, 0.3) is 0 Å². The molecule has 0 saturated carbocycles. The third-order valence-electron chi connectivity index (χ3n) is 2.83. The molecule has 2 aromatic rings. The van der Waals surface area contributed by atoms with Gasteiger partial charge in [-0.15, -0.1) is 11.3 Å². The molecule has 0 saturated heterocycles. The second kappa shape index (κ2) is 5.49. The van der Waals surface area contributed by atoms with Gasteiger partial charge in [-0.1, -0.05) is 22.0 Å². The van der Waals surface area contributed by atoms with Gasteiger partial charge >= 0.3 is 0 Å². The van der Waals surface area contributed by atoms with Crippen LogP contribution in [0, 0.1) is 25.5 Å². The fraction of sp³-hybridized carbons (Fsp3) is 0.286. The van der Waals surface area contributed by atoms with Gasteiger partial charge in [0.15, 0.2) is 0 Å². The van der Waals surface area contributed by atoms with Gasteiger partial charge in [0.05, 0.1) is 0 Å². The zero-order valence-corrected chi connectivity index (χ0v) is 12.5. The minimum absolute atomic E-state index is 0.0578. The summed E-state index contributed by atoms with van der Waals surface area (Å²) in [6.45, 7) is 4.11. The maximum Gasteiger partial charge on any atom is 0.129 e. The number of aryl methyl sites for hydroxylation is 2. The van der Waals surface area contributed by atoms with Crippen molar-refractivity contribution >= 4 is 27.3 Å². The van der Waals surface area contributed by atoms with Crippen LogP contribution in [-0.2, 0) is 6.42 Å². The Morgan fingerprint density at radius 3 is 2.50 bits per heavy atom. The Kier molecular flexibility index (Phi) is 4.17. The fourth-order valence-electron chi connectivity index (χ4n) is 1.95. The van der Waals surface area contributed by atoms with Gasteiger partial charge in [0, 0.05) is 20.6 Å². The summed E-state index contributed by atoms with van der Waals surface area (Å²) in [6, 6.07) is 5.85. The lowest BCUT2D eigenvalue weighted by atomic mass is 10.0. The van der Waals surface area contributed by atoms with E-state index < -0.39 is 11.6 Å². The average molecular weight is 331 g/mol. The SMILES string of the molecule is Cc1cc(C(Br)Cc2ccc(F)cc2F)c(C)s1. The molecule has 0 bridgehead atoms. The lowest BCUT2D eigenvalue weighted by Crippen LogP contribution is -1.98. The summed E-state index contributed by atoms with van der Waals surface area (Å²) in [5.41, 5.74) is 1.71. The highest BCUT2D eigenvalue weighted by Gasteiger charge is 2.15. The lowest BCUT2D eigenvalue weighted by Gasteiger charge is -2.10. The van der Waals surface area contributed by atoms with Gasteiger partial charge in [0.1, 0.15) is 11.6 Å². The molecule has 1 unspecified atom stereocenters. The van der Waals surface area contributed by atoms with Crippen molar-refractivity contribution in [3.8, 4) is 0 Å². The summed E-state index contributed by atoms with van der Waals surface area (Å²) >= 11 is 5.32. The van der Waals surface area contributed by atoms with Gasteiger partial charge in [-0.3, -0.25) is 0 Å². The number of benzene rings is 1. The first-order valence-electron chi connectivity index (χ1n) is 5.62. The summed E-state index contributed by atoms with van der Waals surface area (Å²) in [7, 11) is 0. The monoisotopic (exact) mass is 330 g/mol. The summed E-state index contributed by atoms with van der Waals surface area (Å²) in [5, 5.41) is 0. The number of hydrogen-bond donors (Lipinski definition) is 0. The maximum absolute atomic E-state index is 13.6. The van der Waals surface area contributed by atoms with Crippen molar-refractivity contribution in [2.75, 3.05) is 0 Å². The van der Waals surface area contributed by atoms with E-state index in [9.17, 15) is 8.78 Å². The van der Waals surface area contributed by atoms with Crippen LogP contribution in [0.4, 0.5) is 8.78 Å². The molecule has 0 fully saturated rings. The number of hydrogen-bond acceptors (Lipinski definition) is 1. The van der Waals surface area contributed by atoms with Crippen molar-refractivity contribution < 1.29 is 8.78 Å². The molecular formula is C14H13BrF2S. The first kappa shape index (κ1) is 13.7. The Hall–Kier alpha value is -0.740. The van der Waals surface area contributed by atoms with Gasteiger partial charge in [0.2, 0.25) is 0 Å². The van der Waals surface area contributed by atoms with Gasteiger partial charge in [-0.2, -0.15) is 0 Å². The molecule has 0 aliphatic rings. The highest BCUT2D eigenvalue weighted by Crippen LogP contribution is 2.34. The van der Waals surface area contributed by atoms with E-state index in [0.717, 1.165) is 6.07 Å². The minimum atomic E-state index is -0.537. The van der Waals surface area contributed by atoms with Crippen LogP contribution in [0.3, 0.4) is 0 Å². The molecule has 96 valence electrons. The standard InChI is InChI=1S/C14H13BrF2S/c1-8-5-12(9(2)18-8)13(15)6-10-3-4-11(16)7-14(10)17/h3-5,7,13H,6H2,1-2H3. The van der Waals surface area contributed by atoms with Crippen molar-refractivity contribution in [2.24, 2.45) is 0 Å². The number of alkyl halides is 1. The van der Waals surface area contributed by atoms with E-state index in [1.54, 1.807) is 11.3 Å². The lowest BCUT2D eigenvalue weighted by molar-refractivity contribution is 0.571. The second-order valence-electron chi connectivity index (χ2n) is 4.28. The zero-order chi connectivity index (χ0) is 13.3. The summed E-state index contributed by atoms with van der Waals surface area (Å²) in [4.78, 5) is 2.53. The van der Waals surface area contributed by atoms with E-state index >= 15 is 0 Å². The largest absolute Gasteiger partial charge is 0.207 e. The van der Waals surface area contributed by atoms with E-state index in [-0.39, 0.29) is 4.83 Å². The molecule has 0 aliphatic heterocycles. The van der Waals surface area contributed by atoms with Crippen LogP contribution >= 0.6 is 27.3 Å². The Labute approximate surface area is 118 Å². The molecule has 0 N–H and O–H groups in total. The molecule has 0 nitrogen and oxygen atoms in total. The van der Waals surface area contributed by atoms with Crippen LogP contribution in [0.2, 0.25) is 0 Å². The molecule has 4 heteroatoms. The predicted molar refractivity (Wildman–Crippen MR) is 75.5 cm³/mol. The molecule has 0 radical (unpaired) electrons. The first-order valence-corrected chi connectivity index (χ1v) is 7.35. The van der Waals surface area contributed by atoms with Crippen LogP contribution in [0.1, 0.15) is 25.7 Å². The van der Waals surface area contributed by atoms with Crippen molar-refractivity contribution in [1.29, 1.82) is 0 Å². The molecule has 0 amide bonds. The molecule has 1 atom stereocenters. The average Bonchev–Trinajstić information content (AvgIpc) is 2.62. The molecule has 1 aromatic heterocycles. The highest BCUT2D eigenvalue weighted by molar-refractivity contribution is 9.09. The second-order valence-corrected chi connectivity index (χ2v) is 6.84. The van der Waals surface area contributed by atoms with Crippen LogP contribution in [0.5, 0.6) is 0 Å². The molecule has 2 rings (SSSR count). The molecular weight excluding hydrogens is 318 g/mol. The predicted octanol–water partition coefficient (Wildman–Crippen LogP) is 5.32. The fourth-order valence-corrected chi connectivity index (χ4v) is 3.92. The third-order valence-corrected chi connectivity index (χ3v) is 4.63. The third kappa shape index (κ3) is 2.98. The van der Waals surface area contributed by atoms with Crippen molar-refractivity contribution in [3.05, 3.63) is 56.8 Å². The smallest absolute Gasteiger partial charge is 0.129 e. The molecule has 1 aromatic carbocycles. The number of thiophene rings is 1. The summed E-state index contributed by atoms with van der Waals surface area (Å²) in [5.74, 6) is -1.02. The normalized spacial score (nSPS) is 12.7. The Morgan fingerprint density at radius 2 is 1.94 bits per heavy atom. The van der Waals surface area contributed by atoms with Crippen LogP contribution in [-0.4, -0.2) is 0 Å². The number of halogens is 3. The van der Waals surface area contributed by atoms with E-state index in [1.165, 1.54) is 27.5 Å². The van der Waals surface area contributed by atoms with E-state index in [0.29, 0.717) is 12.0 Å². The van der Waals surface area contributed by atoms with Gasteiger partial charge in [-0.05, 0) is 43.5 Å². The van der Waals surface area contributed by atoms with Crippen LogP contribution < -0.4 is 0 Å². The molecule has 0 aliphatic carbocycles. The summed E-state index contributed by atoms with van der Waals surface area (Å²) < 4.78 is 26.4. The van der Waals surface area contributed by atoms with E-state index in [4.69, 9.17) is 0 Å². The van der Waals surface area contributed by atoms with Gasteiger partial charge in [0.25, 0.3) is 0 Å². The topological polar surface area (TPSA) is 0 Å². The van der Waals surface area contributed by atoms with Gasteiger partial charge < -0.3 is 0 Å². The van der Waals surface area contributed by atoms with E-state index in [2.05, 4.69) is 35.8 Å². The molecule has 18 heavy (non-hydrogen) atoms. The summed E-state index contributed by atoms with van der Waals surface area (Å²) in [6.07, 6.45) is 0.517. The minimum Gasteiger partial charge on any atom is -0.207 e. The molecule has 1 heterocycles. The Balaban J connectivity index is 2.21. The van der Waals surface area contributed by atoms with Crippen molar-refractivity contribution in [1.82, 2.24) is 0 Å². The van der Waals surface area contributed by atoms with Crippen molar-refractivity contribution in [2.45, 2.75) is 25.1 Å². The highest BCUT2D eigenvalue weighted by atomic mass is 79.9.